The van der Waals surface area contributed by atoms with Gasteiger partial charge in [-0.2, -0.15) is 11.8 Å². The summed E-state index contributed by atoms with van der Waals surface area (Å²) >= 11 is 1.79. The first-order valence-electron chi connectivity index (χ1n) is 8.00. The molecule has 2 rings (SSSR count). The SMILES string of the molecule is CN=C(NCC1(O)CCSC1)N1CCN(C(=O)C(C)C)CC1.I. The number of hydrogen-bond donors (Lipinski definition) is 2. The molecule has 0 spiro atoms. The highest BCUT2D eigenvalue weighted by atomic mass is 127. The first kappa shape index (κ1) is 20.8. The summed E-state index contributed by atoms with van der Waals surface area (Å²) in [7, 11) is 1.77. The molecule has 2 aliphatic rings. The van der Waals surface area contributed by atoms with E-state index in [0.29, 0.717) is 6.54 Å². The largest absolute Gasteiger partial charge is 0.387 e. The predicted molar refractivity (Wildman–Crippen MR) is 107 cm³/mol. The number of piperazine rings is 1. The lowest BCUT2D eigenvalue weighted by Crippen LogP contribution is -2.56. The summed E-state index contributed by atoms with van der Waals surface area (Å²) in [6, 6.07) is 0. The smallest absolute Gasteiger partial charge is 0.225 e. The summed E-state index contributed by atoms with van der Waals surface area (Å²) in [5.41, 5.74) is -0.615. The molecule has 1 amide bonds. The van der Waals surface area contributed by atoms with Crippen LogP contribution in [0.25, 0.3) is 0 Å². The van der Waals surface area contributed by atoms with Crippen molar-refractivity contribution in [3.63, 3.8) is 0 Å². The van der Waals surface area contributed by atoms with Crippen LogP contribution in [0.2, 0.25) is 0 Å². The second-order valence-electron chi connectivity index (χ2n) is 6.39. The molecular weight excluding hydrogens is 427 g/mol. The molecule has 0 aromatic carbocycles. The van der Waals surface area contributed by atoms with Crippen molar-refractivity contribution in [1.29, 1.82) is 0 Å². The van der Waals surface area contributed by atoms with Gasteiger partial charge in [0.15, 0.2) is 5.96 Å². The van der Waals surface area contributed by atoms with E-state index in [9.17, 15) is 9.90 Å². The van der Waals surface area contributed by atoms with E-state index in [4.69, 9.17) is 0 Å². The summed E-state index contributed by atoms with van der Waals surface area (Å²) in [4.78, 5) is 20.4. The topological polar surface area (TPSA) is 68.2 Å². The molecule has 2 saturated heterocycles. The highest BCUT2D eigenvalue weighted by Gasteiger charge is 2.32. The summed E-state index contributed by atoms with van der Waals surface area (Å²) in [6.07, 6.45) is 0.832. The van der Waals surface area contributed by atoms with E-state index in [0.717, 1.165) is 50.1 Å². The number of rotatable bonds is 3. The van der Waals surface area contributed by atoms with Gasteiger partial charge in [-0.05, 0) is 12.2 Å². The maximum Gasteiger partial charge on any atom is 0.225 e. The van der Waals surface area contributed by atoms with Crippen molar-refractivity contribution in [3.05, 3.63) is 0 Å². The van der Waals surface area contributed by atoms with Gasteiger partial charge < -0.3 is 20.2 Å². The van der Waals surface area contributed by atoms with Crippen LogP contribution < -0.4 is 5.32 Å². The van der Waals surface area contributed by atoms with Crippen LogP contribution in [0, 0.1) is 5.92 Å². The zero-order valence-electron chi connectivity index (χ0n) is 14.2. The maximum atomic E-state index is 12.0. The van der Waals surface area contributed by atoms with Crippen molar-refractivity contribution in [3.8, 4) is 0 Å². The van der Waals surface area contributed by atoms with Crippen molar-refractivity contribution in [2.24, 2.45) is 10.9 Å². The molecule has 0 radical (unpaired) electrons. The molecule has 2 fully saturated rings. The molecule has 1 atom stereocenters. The fraction of sp³-hybridized carbons (Fsp3) is 0.867. The Bertz CT molecular complexity index is 420. The Hall–Kier alpha value is -0.220. The minimum atomic E-state index is -0.615. The molecule has 6 nitrogen and oxygen atoms in total. The highest BCUT2D eigenvalue weighted by molar-refractivity contribution is 14.0. The van der Waals surface area contributed by atoms with Gasteiger partial charge in [-0.1, -0.05) is 13.8 Å². The second kappa shape index (κ2) is 9.31. The van der Waals surface area contributed by atoms with Gasteiger partial charge in [0.05, 0.1) is 5.60 Å². The van der Waals surface area contributed by atoms with E-state index >= 15 is 0 Å². The minimum absolute atomic E-state index is 0. The molecule has 0 aliphatic carbocycles. The number of guanidine groups is 1. The average molecular weight is 456 g/mol. The third-order valence-corrected chi connectivity index (χ3v) is 5.49. The number of nitrogens with zero attached hydrogens (tertiary/aromatic N) is 3. The Morgan fingerprint density at radius 3 is 2.39 bits per heavy atom. The first-order valence-corrected chi connectivity index (χ1v) is 9.15. The monoisotopic (exact) mass is 456 g/mol. The third kappa shape index (κ3) is 5.67. The zero-order chi connectivity index (χ0) is 16.2. The van der Waals surface area contributed by atoms with Crippen LogP contribution >= 0.6 is 35.7 Å². The van der Waals surface area contributed by atoms with Gasteiger partial charge in [-0.25, -0.2) is 0 Å². The van der Waals surface area contributed by atoms with Crippen molar-refractivity contribution >= 4 is 47.6 Å². The second-order valence-corrected chi connectivity index (χ2v) is 7.50. The van der Waals surface area contributed by atoms with E-state index in [2.05, 4.69) is 15.2 Å². The van der Waals surface area contributed by atoms with Crippen molar-refractivity contribution in [2.45, 2.75) is 25.9 Å². The quantitative estimate of drug-likeness (QED) is 0.375. The molecule has 8 heteroatoms. The van der Waals surface area contributed by atoms with Crippen molar-refractivity contribution in [1.82, 2.24) is 15.1 Å². The van der Waals surface area contributed by atoms with Crippen LogP contribution in [0.5, 0.6) is 0 Å². The number of carbonyl (C=O) groups excluding carboxylic acids is 1. The number of hydrogen-bond acceptors (Lipinski definition) is 4. The molecule has 2 N–H and O–H groups in total. The first-order chi connectivity index (χ1) is 10.4. The molecule has 0 saturated carbocycles. The molecule has 1 unspecified atom stereocenters. The van der Waals surface area contributed by atoms with Gasteiger partial charge in [0.2, 0.25) is 5.91 Å². The van der Waals surface area contributed by atoms with Crippen LogP contribution in [-0.4, -0.2) is 83.7 Å². The van der Waals surface area contributed by atoms with E-state index in [1.54, 1.807) is 18.8 Å². The number of amides is 1. The molecule has 0 aromatic heterocycles. The Morgan fingerprint density at radius 1 is 1.30 bits per heavy atom. The predicted octanol–water partition coefficient (Wildman–Crippen LogP) is 0.848. The highest BCUT2D eigenvalue weighted by Crippen LogP contribution is 2.27. The lowest BCUT2D eigenvalue weighted by atomic mass is 10.0. The number of aliphatic imine (C=N–C) groups is 1. The van der Waals surface area contributed by atoms with E-state index in [1.807, 2.05) is 18.7 Å². The fourth-order valence-corrected chi connectivity index (χ4v) is 4.11. The average Bonchev–Trinajstić information content (AvgIpc) is 2.94. The lowest BCUT2D eigenvalue weighted by molar-refractivity contribution is -0.135. The van der Waals surface area contributed by atoms with Crippen LogP contribution in [0.3, 0.4) is 0 Å². The number of carbonyl (C=O) groups is 1. The number of aliphatic hydroxyl groups is 1. The van der Waals surface area contributed by atoms with Gasteiger partial charge in [-0.15, -0.1) is 24.0 Å². The zero-order valence-corrected chi connectivity index (χ0v) is 17.4. The Labute approximate surface area is 160 Å². The molecule has 134 valence electrons. The summed E-state index contributed by atoms with van der Waals surface area (Å²) in [6.45, 7) is 7.45. The van der Waals surface area contributed by atoms with Gasteiger partial charge in [0.25, 0.3) is 0 Å². The van der Waals surface area contributed by atoms with E-state index in [-0.39, 0.29) is 35.8 Å². The van der Waals surface area contributed by atoms with Gasteiger partial charge in [0, 0.05) is 51.4 Å². The van der Waals surface area contributed by atoms with Crippen LogP contribution in [0.4, 0.5) is 0 Å². The summed E-state index contributed by atoms with van der Waals surface area (Å²) < 4.78 is 0. The van der Waals surface area contributed by atoms with Crippen LogP contribution in [-0.2, 0) is 4.79 Å². The summed E-state index contributed by atoms with van der Waals surface area (Å²) in [5.74, 6) is 2.90. The number of nitrogens with one attached hydrogen (secondary N) is 1. The summed E-state index contributed by atoms with van der Waals surface area (Å²) in [5, 5.41) is 13.7. The fourth-order valence-electron chi connectivity index (χ4n) is 2.82. The molecule has 0 bridgehead atoms. The maximum absolute atomic E-state index is 12.0. The third-order valence-electron chi connectivity index (χ3n) is 4.25. The van der Waals surface area contributed by atoms with Crippen LogP contribution in [0.1, 0.15) is 20.3 Å². The Morgan fingerprint density at radius 2 is 1.91 bits per heavy atom. The normalized spacial score (nSPS) is 25.5. The molecule has 0 aromatic rings. The van der Waals surface area contributed by atoms with E-state index < -0.39 is 5.60 Å². The molecule has 2 heterocycles. The van der Waals surface area contributed by atoms with Gasteiger partial charge in [0.1, 0.15) is 0 Å². The van der Waals surface area contributed by atoms with Gasteiger partial charge in [-0.3, -0.25) is 9.79 Å². The van der Waals surface area contributed by atoms with Gasteiger partial charge >= 0.3 is 0 Å². The Kier molecular flexibility index (Phi) is 8.43. The minimum Gasteiger partial charge on any atom is -0.387 e. The number of halogens is 1. The van der Waals surface area contributed by atoms with E-state index in [1.165, 1.54) is 0 Å². The van der Waals surface area contributed by atoms with Crippen molar-refractivity contribution in [2.75, 3.05) is 51.3 Å². The molecule has 23 heavy (non-hydrogen) atoms. The van der Waals surface area contributed by atoms with Crippen LogP contribution in [0.15, 0.2) is 4.99 Å². The number of thioether (sulfide) groups is 1. The standard InChI is InChI=1S/C15H28N4O2S.HI/c1-12(2)13(20)18-5-7-19(8-6-18)14(16-3)17-10-15(21)4-9-22-11-15;/h12,21H,4-11H2,1-3H3,(H,16,17);1H. The lowest BCUT2D eigenvalue weighted by Gasteiger charge is -2.37. The van der Waals surface area contributed by atoms with Crippen molar-refractivity contribution < 1.29 is 9.90 Å². The molecular formula is C15H29IN4O2S. The molecule has 2 aliphatic heterocycles. The Balaban J connectivity index is 0.00000264.